The molecule has 3 rings (SSSR count). The Morgan fingerprint density at radius 1 is 1.15 bits per heavy atom. The summed E-state index contributed by atoms with van der Waals surface area (Å²) in [6.45, 7) is 13.6. The highest BCUT2D eigenvalue weighted by atomic mass is 15.2. The number of fused-ring (bicyclic) bond motifs is 1. The van der Waals surface area contributed by atoms with Crippen molar-refractivity contribution in [3.05, 3.63) is 58.7 Å². The van der Waals surface area contributed by atoms with E-state index in [2.05, 4.69) is 89.9 Å². The summed E-state index contributed by atoms with van der Waals surface area (Å²) >= 11 is 0. The highest BCUT2D eigenvalue weighted by molar-refractivity contribution is 5.86. The maximum Gasteiger partial charge on any atom is 0.0630 e. The van der Waals surface area contributed by atoms with Gasteiger partial charge in [0, 0.05) is 24.5 Å². The predicted octanol–water partition coefficient (Wildman–Crippen LogP) is 6.59. The topological polar surface area (TPSA) is 15.6 Å². The highest BCUT2D eigenvalue weighted by Gasteiger charge is 2.34. The number of aryl methyl sites for hydroxylation is 1. The van der Waals surface area contributed by atoms with Gasteiger partial charge in [-0.15, -0.1) is 0 Å². The zero-order valence-electron chi connectivity index (χ0n) is 17.3. The van der Waals surface area contributed by atoms with Gasteiger partial charge in [-0.05, 0) is 85.5 Å². The molecule has 0 amide bonds. The van der Waals surface area contributed by atoms with Crippen LogP contribution in [0.25, 0.3) is 0 Å². The monoisotopic (exact) mass is 348 g/mol. The molecule has 2 aromatic carbocycles. The van der Waals surface area contributed by atoms with E-state index in [1.807, 2.05) is 6.21 Å². The van der Waals surface area contributed by atoms with Crippen LogP contribution in [0.3, 0.4) is 0 Å². The molecule has 2 nitrogen and oxygen atoms in total. The Kier molecular flexibility index (Phi) is 4.96. The van der Waals surface area contributed by atoms with Crippen LogP contribution in [0, 0.1) is 6.92 Å². The first-order valence-electron chi connectivity index (χ1n) is 9.71. The Morgan fingerprint density at radius 3 is 2.42 bits per heavy atom. The van der Waals surface area contributed by atoms with E-state index >= 15 is 0 Å². The van der Waals surface area contributed by atoms with Crippen molar-refractivity contribution in [2.45, 2.75) is 65.3 Å². The van der Waals surface area contributed by atoms with Crippen molar-refractivity contribution in [2.75, 3.05) is 11.9 Å². The number of aliphatic imine (C=N–C) groups is 1. The molecule has 0 saturated heterocycles. The third kappa shape index (κ3) is 3.56. The van der Waals surface area contributed by atoms with E-state index in [1.54, 1.807) is 0 Å². The van der Waals surface area contributed by atoms with Crippen LogP contribution in [-0.4, -0.2) is 18.8 Å². The summed E-state index contributed by atoms with van der Waals surface area (Å²) in [5.74, 6) is 1.12. The Hall–Kier alpha value is -2.09. The minimum absolute atomic E-state index is 0.201. The minimum atomic E-state index is 0.201. The predicted molar refractivity (Wildman–Crippen MR) is 114 cm³/mol. The van der Waals surface area contributed by atoms with Gasteiger partial charge >= 0.3 is 0 Å². The first-order chi connectivity index (χ1) is 12.2. The number of nitrogens with zero attached hydrogens (tertiary/aromatic N) is 2. The summed E-state index contributed by atoms with van der Waals surface area (Å²) in [7, 11) is 2.22. The molecular formula is C24H32N2. The van der Waals surface area contributed by atoms with Crippen molar-refractivity contribution >= 4 is 17.6 Å². The third-order valence-corrected chi connectivity index (χ3v) is 5.93. The molecule has 2 heteroatoms. The standard InChI is InChI=1S/C24H32N2/c1-16(2)19-8-10-21(11-9-19)25-15-20-13-22-18(4)14-24(5,6)26(7)23(22)12-17(20)3/h8-13,15-16,18H,14H2,1-7H3/t18-/m1/s1. The van der Waals surface area contributed by atoms with E-state index in [9.17, 15) is 0 Å². The van der Waals surface area contributed by atoms with Crippen LogP contribution in [0.4, 0.5) is 11.4 Å². The molecule has 1 aliphatic rings. The summed E-state index contributed by atoms with van der Waals surface area (Å²) in [6, 6.07) is 13.2. The molecule has 0 aromatic heterocycles. The van der Waals surface area contributed by atoms with E-state index in [0.717, 1.165) is 5.69 Å². The molecule has 0 N–H and O–H groups in total. The third-order valence-electron chi connectivity index (χ3n) is 5.93. The molecule has 1 aliphatic heterocycles. The molecule has 138 valence electrons. The SMILES string of the molecule is Cc1cc2c(cc1C=Nc1ccc(C(C)C)cc1)[C@H](C)CC(C)(C)N2C. The van der Waals surface area contributed by atoms with Crippen molar-refractivity contribution in [1.29, 1.82) is 0 Å². The van der Waals surface area contributed by atoms with Gasteiger partial charge in [0.1, 0.15) is 0 Å². The maximum absolute atomic E-state index is 4.72. The summed E-state index contributed by atoms with van der Waals surface area (Å²) in [5.41, 5.74) is 7.87. The zero-order chi connectivity index (χ0) is 19.1. The fraction of sp³-hybridized carbons (Fsp3) is 0.458. The highest BCUT2D eigenvalue weighted by Crippen LogP contribution is 2.43. The molecule has 0 unspecified atom stereocenters. The largest absolute Gasteiger partial charge is 0.369 e. The zero-order valence-corrected chi connectivity index (χ0v) is 17.3. The molecular weight excluding hydrogens is 316 g/mol. The van der Waals surface area contributed by atoms with E-state index in [0.29, 0.717) is 11.8 Å². The van der Waals surface area contributed by atoms with Gasteiger partial charge in [0.15, 0.2) is 0 Å². The van der Waals surface area contributed by atoms with Gasteiger partial charge in [-0.3, -0.25) is 4.99 Å². The molecule has 0 aliphatic carbocycles. The van der Waals surface area contributed by atoms with Gasteiger partial charge in [0.2, 0.25) is 0 Å². The van der Waals surface area contributed by atoms with Crippen molar-refractivity contribution in [3.8, 4) is 0 Å². The van der Waals surface area contributed by atoms with E-state index in [1.165, 1.54) is 34.4 Å². The molecule has 0 radical (unpaired) electrons. The Morgan fingerprint density at radius 2 is 1.81 bits per heavy atom. The van der Waals surface area contributed by atoms with Crippen molar-refractivity contribution in [1.82, 2.24) is 0 Å². The second-order valence-electron chi connectivity index (χ2n) is 8.75. The smallest absolute Gasteiger partial charge is 0.0630 e. The second kappa shape index (κ2) is 6.90. The quantitative estimate of drug-likeness (QED) is 0.571. The van der Waals surface area contributed by atoms with Crippen molar-refractivity contribution < 1.29 is 0 Å². The summed E-state index contributed by atoms with van der Waals surface area (Å²) in [6.07, 6.45) is 3.19. The first-order valence-corrected chi connectivity index (χ1v) is 9.71. The normalized spacial score (nSPS) is 19.2. The van der Waals surface area contributed by atoms with E-state index < -0.39 is 0 Å². The maximum atomic E-state index is 4.72. The average molecular weight is 349 g/mol. The lowest BCUT2D eigenvalue weighted by Crippen LogP contribution is -2.45. The molecule has 0 spiro atoms. The molecule has 0 bridgehead atoms. The second-order valence-corrected chi connectivity index (χ2v) is 8.75. The van der Waals surface area contributed by atoms with Crippen molar-refractivity contribution in [2.24, 2.45) is 4.99 Å². The van der Waals surface area contributed by atoms with E-state index in [4.69, 9.17) is 4.99 Å². The Labute approximate surface area is 159 Å². The molecule has 1 atom stereocenters. The Bertz CT molecular complexity index is 813. The first kappa shape index (κ1) is 18.7. The van der Waals surface area contributed by atoms with Gasteiger partial charge < -0.3 is 4.90 Å². The number of rotatable bonds is 3. The molecule has 2 aromatic rings. The molecule has 0 saturated carbocycles. The van der Waals surface area contributed by atoms with Crippen LogP contribution in [0.2, 0.25) is 0 Å². The summed E-state index contributed by atoms with van der Waals surface area (Å²) in [5, 5.41) is 0. The van der Waals surface area contributed by atoms with Gasteiger partial charge in [-0.2, -0.15) is 0 Å². The van der Waals surface area contributed by atoms with Crippen LogP contribution in [0.15, 0.2) is 41.4 Å². The molecule has 1 heterocycles. The Balaban J connectivity index is 1.91. The number of anilines is 1. The number of hydrogen-bond acceptors (Lipinski definition) is 2. The summed E-state index contributed by atoms with van der Waals surface area (Å²) in [4.78, 5) is 7.15. The lowest BCUT2D eigenvalue weighted by atomic mass is 9.79. The lowest BCUT2D eigenvalue weighted by Gasteiger charge is -2.45. The molecule has 0 fully saturated rings. The fourth-order valence-corrected chi connectivity index (χ4v) is 3.96. The van der Waals surface area contributed by atoms with E-state index in [-0.39, 0.29) is 5.54 Å². The number of benzene rings is 2. The molecule has 26 heavy (non-hydrogen) atoms. The van der Waals surface area contributed by atoms with Gasteiger partial charge in [0.25, 0.3) is 0 Å². The van der Waals surface area contributed by atoms with Crippen LogP contribution < -0.4 is 4.90 Å². The van der Waals surface area contributed by atoms with Gasteiger partial charge in [-0.25, -0.2) is 0 Å². The van der Waals surface area contributed by atoms with Crippen LogP contribution in [0.1, 0.15) is 75.1 Å². The number of hydrogen-bond donors (Lipinski definition) is 0. The average Bonchev–Trinajstić information content (AvgIpc) is 2.58. The van der Waals surface area contributed by atoms with Crippen LogP contribution in [-0.2, 0) is 0 Å². The lowest BCUT2D eigenvalue weighted by molar-refractivity contribution is 0.395. The van der Waals surface area contributed by atoms with Crippen molar-refractivity contribution in [3.63, 3.8) is 0 Å². The van der Waals surface area contributed by atoms with Gasteiger partial charge in [0.05, 0.1) is 5.69 Å². The fourth-order valence-electron chi connectivity index (χ4n) is 3.96. The van der Waals surface area contributed by atoms with Gasteiger partial charge in [-0.1, -0.05) is 32.9 Å². The van der Waals surface area contributed by atoms with Crippen LogP contribution >= 0.6 is 0 Å². The minimum Gasteiger partial charge on any atom is -0.369 e. The van der Waals surface area contributed by atoms with Crippen LogP contribution in [0.5, 0.6) is 0 Å². The summed E-state index contributed by atoms with van der Waals surface area (Å²) < 4.78 is 0.